The fraction of sp³-hybridized carbons (Fsp3) is 0.250. The number of nitrogens with zero attached hydrogens (tertiary/aromatic N) is 1. The van der Waals surface area contributed by atoms with Crippen molar-refractivity contribution in [2.24, 2.45) is 0 Å². The number of hydrogen-bond donors (Lipinski definition) is 1. The summed E-state index contributed by atoms with van der Waals surface area (Å²) in [6, 6.07) is 11.8. The molecule has 2 aromatic rings. The first-order valence-corrected chi connectivity index (χ1v) is 6.72. The summed E-state index contributed by atoms with van der Waals surface area (Å²) in [7, 11) is 0. The van der Waals surface area contributed by atoms with E-state index in [2.05, 4.69) is 0 Å². The van der Waals surface area contributed by atoms with Crippen molar-refractivity contribution in [1.29, 1.82) is 0 Å². The van der Waals surface area contributed by atoms with E-state index >= 15 is 0 Å². The van der Waals surface area contributed by atoms with E-state index in [0.717, 1.165) is 5.56 Å². The van der Waals surface area contributed by atoms with Crippen molar-refractivity contribution in [3.05, 3.63) is 63.7 Å². The molecule has 0 radical (unpaired) electrons. The topological polar surface area (TPSA) is 72.6 Å². The van der Waals surface area contributed by atoms with Crippen LogP contribution in [0.25, 0.3) is 0 Å². The molecule has 1 atom stereocenters. The van der Waals surface area contributed by atoms with E-state index in [1.165, 1.54) is 6.07 Å². The average Bonchev–Trinajstić information content (AvgIpc) is 2.47. The molecule has 0 saturated heterocycles. The summed E-state index contributed by atoms with van der Waals surface area (Å²) in [6.07, 6.45) is 0.183. The first-order chi connectivity index (χ1) is 10.0. The lowest BCUT2D eigenvalue weighted by Gasteiger charge is -2.10. The summed E-state index contributed by atoms with van der Waals surface area (Å²) in [5.74, 6) is 1.16. The van der Waals surface area contributed by atoms with Gasteiger partial charge >= 0.3 is 0 Å². The van der Waals surface area contributed by atoms with Gasteiger partial charge in [-0.1, -0.05) is 19.1 Å². The van der Waals surface area contributed by atoms with Crippen molar-refractivity contribution in [2.75, 3.05) is 0 Å². The first-order valence-electron chi connectivity index (χ1n) is 6.72. The molecule has 2 aromatic carbocycles. The SMILES string of the molecule is CCC(O)c1ccc(Oc2ccc([N+](=O)[O-])c(C)c2)cc1. The van der Waals surface area contributed by atoms with Crippen LogP contribution in [-0.4, -0.2) is 10.0 Å². The Morgan fingerprint density at radius 1 is 1.19 bits per heavy atom. The Balaban J connectivity index is 2.15. The molecule has 0 aliphatic carbocycles. The Morgan fingerprint density at radius 2 is 1.81 bits per heavy atom. The van der Waals surface area contributed by atoms with Crippen molar-refractivity contribution in [3.63, 3.8) is 0 Å². The molecule has 0 bridgehead atoms. The van der Waals surface area contributed by atoms with Crippen molar-refractivity contribution in [3.8, 4) is 11.5 Å². The van der Waals surface area contributed by atoms with Gasteiger partial charge in [0.2, 0.25) is 0 Å². The van der Waals surface area contributed by atoms with Crippen LogP contribution in [0.5, 0.6) is 11.5 Å². The van der Waals surface area contributed by atoms with Gasteiger partial charge in [-0.05, 0) is 43.2 Å². The lowest BCUT2D eigenvalue weighted by molar-refractivity contribution is -0.385. The largest absolute Gasteiger partial charge is 0.457 e. The highest BCUT2D eigenvalue weighted by atomic mass is 16.6. The van der Waals surface area contributed by atoms with Crippen LogP contribution in [0.1, 0.15) is 30.6 Å². The second-order valence-corrected chi connectivity index (χ2v) is 4.80. The Kier molecular flexibility index (Phi) is 4.55. The molecule has 1 unspecified atom stereocenters. The smallest absolute Gasteiger partial charge is 0.272 e. The molecule has 0 spiro atoms. The number of hydrogen-bond acceptors (Lipinski definition) is 4. The first kappa shape index (κ1) is 15.0. The highest BCUT2D eigenvalue weighted by molar-refractivity contribution is 5.45. The number of nitro groups is 1. The van der Waals surface area contributed by atoms with E-state index in [0.29, 0.717) is 23.5 Å². The number of rotatable bonds is 5. The number of aryl methyl sites for hydroxylation is 1. The minimum Gasteiger partial charge on any atom is -0.457 e. The van der Waals surface area contributed by atoms with Crippen LogP contribution < -0.4 is 4.74 Å². The third-order valence-corrected chi connectivity index (χ3v) is 3.25. The zero-order valence-electron chi connectivity index (χ0n) is 11.9. The minimum absolute atomic E-state index is 0.0729. The lowest BCUT2D eigenvalue weighted by atomic mass is 10.1. The van der Waals surface area contributed by atoms with Crippen LogP contribution in [0, 0.1) is 17.0 Å². The van der Waals surface area contributed by atoms with Crippen LogP contribution in [0.4, 0.5) is 5.69 Å². The predicted octanol–water partition coefficient (Wildman–Crippen LogP) is 4.14. The van der Waals surface area contributed by atoms with E-state index in [-0.39, 0.29) is 5.69 Å². The highest BCUT2D eigenvalue weighted by Crippen LogP contribution is 2.28. The maximum Gasteiger partial charge on any atom is 0.272 e. The van der Waals surface area contributed by atoms with Gasteiger partial charge in [0.1, 0.15) is 11.5 Å². The second kappa shape index (κ2) is 6.37. The van der Waals surface area contributed by atoms with Gasteiger partial charge in [0.15, 0.2) is 0 Å². The third kappa shape index (κ3) is 3.58. The molecular weight excluding hydrogens is 270 g/mol. The summed E-state index contributed by atoms with van der Waals surface area (Å²) in [5, 5.41) is 20.5. The fourth-order valence-electron chi connectivity index (χ4n) is 2.03. The molecule has 0 aromatic heterocycles. The molecule has 0 amide bonds. The van der Waals surface area contributed by atoms with Gasteiger partial charge in [0, 0.05) is 11.6 Å². The van der Waals surface area contributed by atoms with Gasteiger partial charge in [-0.3, -0.25) is 10.1 Å². The molecule has 0 aliphatic rings. The van der Waals surface area contributed by atoms with Crippen LogP contribution in [0.3, 0.4) is 0 Å². The molecule has 5 heteroatoms. The summed E-state index contributed by atoms with van der Waals surface area (Å²) in [4.78, 5) is 10.3. The molecule has 2 rings (SSSR count). The fourth-order valence-corrected chi connectivity index (χ4v) is 2.03. The molecule has 0 heterocycles. The average molecular weight is 287 g/mol. The Bertz CT molecular complexity index is 637. The lowest BCUT2D eigenvalue weighted by Crippen LogP contribution is -1.95. The van der Waals surface area contributed by atoms with Crippen molar-refractivity contribution < 1.29 is 14.8 Å². The Labute approximate surface area is 123 Å². The Morgan fingerprint density at radius 3 is 2.33 bits per heavy atom. The number of nitro benzene ring substituents is 1. The number of aliphatic hydroxyl groups excluding tert-OH is 1. The quantitative estimate of drug-likeness (QED) is 0.662. The summed E-state index contributed by atoms with van der Waals surface area (Å²) < 4.78 is 5.66. The number of ether oxygens (including phenoxy) is 1. The van der Waals surface area contributed by atoms with Crippen molar-refractivity contribution in [2.45, 2.75) is 26.4 Å². The van der Waals surface area contributed by atoms with E-state index in [1.54, 1.807) is 31.2 Å². The molecule has 0 aliphatic heterocycles. The van der Waals surface area contributed by atoms with E-state index in [1.807, 2.05) is 19.1 Å². The normalized spacial score (nSPS) is 12.0. The van der Waals surface area contributed by atoms with Crippen LogP contribution in [-0.2, 0) is 0 Å². The summed E-state index contributed by atoms with van der Waals surface area (Å²) >= 11 is 0. The van der Waals surface area contributed by atoms with Crippen molar-refractivity contribution >= 4 is 5.69 Å². The maximum atomic E-state index is 10.8. The maximum absolute atomic E-state index is 10.8. The van der Waals surface area contributed by atoms with Gasteiger partial charge in [-0.2, -0.15) is 0 Å². The van der Waals surface area contributed by atoms with E-state index in [4.69, 9.17) is 4.74 Å². The summed E-state index contributed by atoms with van der Waals surface area (Å²) in [5.41, 5.74) is 1.46. The molecule has 5 nitrogen and oxygen atoms in total. The predicted molar refractivity (Wildman–Crippen MR) is 79.6 cm³/mol. The molecule has 1 N–H and O–H groups in total. The van der Waals surface area contributed by atoms with Crippen LogP contribution in [0.15, 0.2) is 42.5 Å². The molecular formula is C16H17NO4. The van der Waals surface area contributed by atoms with Gasteiger partial charge in [0.25, 0.3) is 5.69 Å². The third-order valence-electron chi connectivity index (χ3n) is 3.25. The highest BCUT2D eigenvalue weighted by Gasteiger charge is 2.11. The van der Waals surface area contributed by atoms with Gasteiger partial charge in [0.05, 0.1) is 11.0 Å². The zero-order chi connectivity index (χ0) is 15.4. The van der Waals surface area contributed by atoms with E-state index < -0.39 is 11.0 Å². The number of aliphatic hydroxyl groups is 1. The van der Waals surface area contributed by atoms with Crippen molar-refractivity contribution in [1.82, 2.24) is 0 Å². The van der Waals surface area contributed by atoms with Crippen LogP contribution >= 0.6 is 0 Å². The standard InChI is InChI=1S/C16H17NO4/c1-3-16(18)12-4-6-13(7-5-12)21-14-8-9-15(17(19)20)11(2)10-14/h4-10,16,18H,3H2,1-2H3. The molecule has 21 heavy (non-hydrogen) atoms. The monoisotopic (exact) mass is 287 g/mol. The minimum atomic E-state index is -0.472. The van der Waals surface area contributed by atoms with E-state index in [9.17, 15) is 15.2 Å². The number of benzene rings is 2. The second-order valence-electron chi connectivity index (χ2n) is 4.80. The zero-order valence-corrected chi connectivity index (χ0v) is 11.9. The summed E-state index contributed by atoms with van der Waals surface area (Å²) in [6.45, 7) is 3.58. The molecule has 0 fully saturated rings. The van der Waals surface area contributed by atoms with Gasteiger partial charge in [-0.15, -0.1) is 0 Å². The van der Waals surface area contributed by atoms with Gasteiger partial charge in [-0.25, -0.2) is 0 Å². The molecule has 0 saturated carbocycles. The van der Waals surface area contributed by atoms with Crippen LogP contribution in [0.2, 0.25) is 0 Å². The molecule has 110 valence electrons. The Hall–Kier alpha value is -2.40. The van der Waals surface area contributed by atoms with Gasteiger partial charge < -0.3 is 9.84 Å².